The quantitative estimate of drug-likeness (QED) is 0.725. The van der Waals surface area contributed by atoms with Crippen molar-refractivity contribution in [3.05, 3.63) is 0 Å². The summed E-state index contributed by atoms with van der Waals surface area (Å²) in [5, 5.41) is 3.15. The summed E-state index contributed by atoms with van der Waals surface area (Å²) in [6, 6.07) is 0.400. The summed E-state index contributed by atoms with van der Waals surface area (Å²) in [7, 11) is 0. The summed E-state index contributed by atoms with van der Waals surface area (Å²) in [5.41, 5.74) is 0.452. The van der Waals surface area contributed by atoms with Crippen molar-refractivity contribution in [2.75, 3.05) is 5.88 Å². The van der Waals surface area contributed by atoms with Crippen molar-refractivity contribution in [2.24, 2.45) is 11.3 Å². The first-order valence-electron chi connectivity index (χ1n) is 7.35. The van der Waals surface area contributed by atoms with Gasteiger partial charge in [0, 0.05) is 18.3 Å². The highest BCUT2D eigenvalue weighted by atomic mass is 35.5. The smallest absolute Gasteiger partial charge is 0.220 e. The molecule has 0 saturated heterocycles. The molecule has 0 spiro atoms. The van der Waals surface area contributed by atoms with E-state index < -0.39 is 0 Å². The Morgan fingerprint density at radius 3 is 2.39 bits per heavy atom. The average molecular weight is 274 g/mol. The molecule has 1 saturated carbocycles. The number of amides is 1. The van der Waals surface area contributed by atoms with Gasteiger partial charge in [0.15, 0.2) is 0 Å². The third kappa shape index (κ3) is 4.79. The van der Waals surface area contributed by atoms with Crippen LogP contribution in [0.1, 0.15) is 65.7 Å². The van der Waals surface area contributed by atoms with Crippen LogP contribution < -0.4 is 5.32 Å². The van der Waals surface area contributed by atoms with E-state index in [0.29, 0.717) is 23.8 Å². The molecule has 1 rings (SSSR count). The molecule has 1 amide bonds. The molecule has 1 aliphatic rings. The van der Waals surface area contributed by atoms with E-state index in [-0.39, 0.29) is 5.91 Å². The number of rotatable bonds is 6. The van der Waals surface area contributed by atoms with E-state index in [1.165, 1.54) is 19.3 Å². The van der Waals surface area contributed by atoms with E-state index >= 15 is 0 Å². The highest BCUT2D eigenvalue weighted by Crippen LogP contribution is 2.40. The maximum atomic E-state index is 11.6. The molecule has 106 valence electrons. The van der Waals surface area contributed by atoms with E-state index in [9.17, 15) is 4.79 Å². The standard InChI is InChI=1S/C15H28ClNO/c1-4-15(2,3)12-7-9-13(10-8-12)17-14(18)6-5-11-16/h12-13H,4-11H2,1-3H3,(H,17,18). The van der Waals surface area contributed by atoms with Crippen LogP contribution in [0.3, 0.4) is 0 Å². The first kappa shape index (κ1) is 15.8. The van der Waals surface area contributed by atoms with Gasteiger partial charge in [0.05, 0.1) is 0 Å². The minimum atomic E-state index is 0.175. The van der Waals surface area contributed by atoms with Crippen molar-refractivity contribution in [1.29, 1.82) is 0 Å². The Balaban J connectivity index is 2.29. The Hall–Kier alpha value is -0.240. The van der Waals surface area contributed by atoms with Crippen molar-refractivity contribution in [1.82, 2.24) is 5.32 Å². The fourth-order valence-electron chi connectivity index (χ4n) is 2.84. The second-order valence-corrected chi connectivity index (χ2v) is 6.63. The van der Waals surface area contributed by atoms with Crippen LogP contribution >= 0.6 is 11.6 Å². The minimum absolute atomic E-state index is 0.175. The molecule has 18 heavy (non-hydrogen) atoms. The Morgan fingerprint density at radius 1 is 1.28 bits per heavy atom. The molecule has 0 heterocycles. The summed E-state index contributed by atoms with van der Waals surface area (Å²) in [5.74, 6) is 1.57. The van der Waals surface area contributed by atoms with Gasteiger partial charge in [-0.1, -0.05) is 27.2 Å². The van der Waals surface area contributed by atoms with E-state index in [4.69, 9.17) is 11.6 Å². The van der Waals surface area contributed by atoms with Crippen LogP contribution in [0.2, 0.25) is 0 Å². The zero-order chi connectivity index (χ0) is 13.6. The number of alkyl halides is 1. The van der Waals surface area contributed by atoms with Gasteiger partial charge in [-0.2, -0.15) is 0 Å². The summed E-state index contributed by atoms with van der Waals surface area (Å²) in [4.78, 5) is 11.6. The Kier molecular flexibility index (Phi) is 6.48. The summed E-state index contributed by atoms with van der Waals surface area (Å²) in [6.45, 7) is 7.02. The zero-order valence-corrected chi connectivity index (χ0v) is 12.9. The van der Waals surface area contributed by atoms with Crippen molar-refractivity contribution < 1.29 is 4.79 Å². The maximum Gasteiger partial charge on any atom is 0.220 e. The van der Waals surface area contributed by atoms with Crippen LogP contribution in [-0.4, -0.2) is 17.8 Å². The van der Waals surface area contributed by atoms with Gasteiger partial charge in [-0.15, -0.1) is 11.6 Å². The molecule has 0 radical (unpaired) electrons. The molecule has 0 bridgehead atoms. The van der Waals surface area contributed by atoms with Gasteiger partial charge < -0.3 is 5.32 Å². The molecule has 3 heteroatoms. The van der Waals surface area contributed by atoms with E-state index in [1.54, 1.807) is 0 Å². The second kappa shape index (κ2) is 7.37. The van der Waals surface area contributed by atoms with Crippen LogP contribution in [0.25, 0.3) is 0 Å². The Bertz CT molecular complexity index is 257. The first-order valence-corrected chi connectivity index (χ1v) is 7.88. The topological polar surface area (TPSA) is 29.1 Å². The third-order valence-corrected chi connectivity index (χ3v) is 4.91. The van der Waals surface area contributed by atoms with Gasteiger partial charge in [-0.05, 0) is 43.4 Å². The van der Waals surface area contributed by atoms with Crippen molar-refractivity contribution in [3.63, 3.8) is 0 Å². The van der Waals surface area contributed by atoms with Crippen molar-refractivity contribution in [2.45, 2.75) is 71.8 Å². The largest absolute Gasteiger partial charge is 0.353 e. The SMILES string of the molecule is CCC(C)(C)C1CCC(NC(=O)CCCCl)CC1. The molecular weight excluding hydrogens is 246 g/mol. The third-order valence-electron chi connectivity index (χ3n) is 4.65. The number of carbonyl (C=O) groups excluding carboxylic acids is 1. The summed E-state index contributed by atoms with van der Waals surface area (Å²) in [6.07, 6.45) is 7.38. The Morgan fingerprint density at radius 2 is 1.89 bits per heavy atom. The molecule has 0 aromatic rings. The molecule has 0 unspecified atom stereocenters. The van der Waals surface area contributed by atoms with Crippen LogP contribution in [0, 0.1) is 11.3 Å². The molecule has 0 atom stereocenters. The summed E-state index contributed by atoms with van der Waals surface area (Å²) < 4.78 is 0. The number of nitrogens with one attached hydrogen (secondary N) is 1. The van der Waals surface area contributed by atoms with Gasteiger partial charge in [0.1, 0.15) is 0 Å². The lowest BCUT2D eigenvalue weighted by Crippen LogP contribution is -2.39. The molecule has 0 aliphatic heterocycles. The number of halogens is 1. The normalized spacial score (nSPS) is 24.9. The van der Waals surface area contributed by atoms with Gasteiger partial charge in [0.2, 0.25) is 5.91 Å². The van der Waals surface area contributed by atoms with Crippen LogP contribution in [0.5, 0.6) is 0 Å². The number of hydrogen-bond donors (Lipinski definition) is 1. The van der Waals surface area contributed by atoms with Crippen LogP contribution in [0.15, 0.2) is 0 Å². The molecular formula is C15H28ClNO. The molecule has 1 aliphatic carbocycles. The molecule has 0 aromatic carbocycles. The lowest BCUT2D eigenvalue weighted by Gasteiger charge is -2.39. The van der Waals surface area contributed by atoms with Gasteiger partial charge in [0.25, 0.3) is 0 Å². The van der Waals surface area contributed by atoms with Gasteiger partial charge in [-0.25, -0.2) is 0 Å². The van der Waals surface area contributed by atoms with E-state index in [1.807, 2.05) is 0 Å². The number of carbonyl (C=O) groups is 1. The maximum absolute atomic E-state index is 11.6. The van der Waals surface area contributed by atoms with Crippen molar-refractivity contribution in [3.8, 4) is 0 Å². The Labute approximate surface area is 117 Å². The van der Waals surface area contributed by atoms with Gasteiger partial charge in [-0.3, -0.25) is 4.79 Å². The molecule has 0 aromatic heterocycles. The van der Waals surface area contributed by atoms with E-state index in [0.717, 1.165) is 25.2 Å². The van der Waals surface area contributed by atoms with Crippen LogP contribution in [0.4, 0.5) is 0 Å². The minimum Gasteiger partial charge on any atom is -0.353 e. The molecule has 1 N–H and O–H groups in total. The highest BCUT2D eigenvalue weighted by molar-refractivity contribution is 6.17. The van der Waals surface area contributed by atoms with Gasteiger partial charge >= 0.3 is 0 Å². The average Bonchev–Trinajstić information content (AvgIpc) is 2.37. The predicted molar refractivity (Wildman–Crippen MR) is 77.9 cm³/mol. The second-order valence-electron chi connectivity index (χ2n) is 6.25. The first-order chi connectivity index (χ1) is 8.49. The summed E-state index contributed by atoms with van der Waals surface area (Å²) >= 11 is 5.59. The van der Waals surface area contributed by atoms with Crippen molar-refractivity contribution >= 4 is 17.5 Å². The van der Waals surface area contributed by atoms with E-state index in [2.05, 4.69) is 26.1 Å². The lowest BCUT2D eigenvalue weighted by molar-refractivity contribution is -0.122. The predicted octanol–water partition coefficient (Wildman–Crippen LogP) is 4.12. The monoisotopic (exact) mass is 273 g/mol. The fourth-order valence-corrected chi connectivity index (χ4v) is 2.97. The molecule has 1 fully saturated rings. The fraction of sp³-hybridized carbons (Fsp3) is 0.933. The number of hydrogen-bond acceptors (Lipinski definition) is 1. The lowest BCUT2D eigenvalue weighted by atomic mass is 9.69. The van der Waals surface area contributed by atoms with Crippen LogP contribution in [-0.2, 0) is 4.79 Å². The highest BCUT2D eigenvalue weighted by Gasteiger charge is 2.31. The molecule has 2 nitrogen and oxygen atoms in total. The zero-order valence-electron chi connectivity index (χ0n) is 12.1.